The summed E-state index contributed by atoms with van der Waals surface area (Å²) in [5.41, 5.74) is 4.17. The minimum atomic E-state index is -0.109. The van der Waals surface area contributed by atoms with E-state index in [0.717, 1.165) is 35.6 Å². The SMILES string of the molecule is Cc1cccc(-n2[nH]c(-c3cnc(N4CCOCC4)nc3C)cc2=O)c1. The van der Waals surface area contributed by atoms with Crippen molar-refractivity contribution in [1.29, 1.82) is 0 Å². The molecule has 4 rings (SSSR count). The van der Waals surface area contributed by atoms with Crippen LogP contribution in [0.5, 0.6) is 0 Å². The van der Waals surface area contributed by atoms with E-state index in [1.54, 1.807) is 12.3 Å². The van der Waals surface area contributed by atoms with Crippen LogP contribution in [0.3, 0.4) is 0 Å². The van der Waals surface area contributed by atoms with Crippen LogP contribution in [0.2, 0.25) is 0 Å². The Hall–Kier alpha value is -2.93. The van der Waals surface area contributed by atoms with Gasteiger partial charge in [-0.3, -0.25) is 9.89 Å². The maximum absolute atomic E-state index is 12.4. The van der Waals surface area contributed by atoms with Crippen LogP contribution >= 0.6 is 0 Å². The van der Waals surface area contributed by atoms with Gasteiger partial charge in [-0.2, -0.15) is 0 Å². The molecular weight excluding hydrogens is 330 g/mol. The Labute approximate surface area is 151 Å². The molecule has 7 heteroatoms. The molecule has 134 valence electrons. The van der Waals surface area contributed by atoms with Crippen LogP contribution in [0, 0.1) is 13.8 Å². The van der Waals surface area contributed by atoms with Gasteiger partial charge in [0.15, 0.2) is 0 Å². The van der Waals surface area contributed by atoms with Crippen LogP contribution in [-0.4, -0.2) is 46.1 Å². The summed E-state index contributed by atoms with van der Waals surface area (Å²) in [7, 11) is 0. The molecule has 7 nitrogen and oxygen atoms in total. The summed E-state index contributed by atoms with van der Waals surface area (Å²) in [4.78, 5) is 23.7. The number of anilines is 1. The molecule has 1 N–H and O–H groups in total. The van der Waals surface area contributed by atoms with Crippen molar-refractivity contribution in [2.45, 2.75) is 13.8 Å². The number of benzene rings is 1. The van der Waals surface area contributed by atoms with Gasteiger partial charge in [-0.15, -0.1) is 0 Å². The van der Waals surface area contributed by atoms with E-state index in [1.807, 2.05) is 38.1 Å². The van der Waals surface area contributed by atoms with E-state index < -0.39 is 0 Å². The zero-order valence-corrected chi connectivity index (χ0v) is 14.9. The Bertz CT molecular complexity index is 986. The zero-order valence-electron chi connectivity index (χ0n) is 14.9. The minimum Gasteiger partial charge on any atom is -0.378 e. The summed E-state index contributed by atoms with van der Waals surface area (Å²) in [6, 6.07) is 9.39. The normalized spacial score (nSPS) is 14.6. The zero-order chi connectivity index (χ0) is 18.1. The van der Waals surface area contributed by atoms with Crippen molar-refractivity contribution in [3.63, 3.8) is 0 Å². The summed E-state index contributed by atoms with van der Waals surface area (Å²) in [6.45, 7) is 6.90. The molecule has 3 heterocycles. The largest absolute Gasteiger partial charge is 0.378 e. The van der Waals surface area contributed by atoms with Crippen LogP contribution in [0.15, 0.2) is 41.3 Å². The molecule has 0 saturated carbocycles. The number of hydrogen-bond acceptors (Lipinski definition) is 5. The van der Waals surface area contributed by atoms with Crippen molar-refractivity contribution in [3.05, 3.63) is 58.1 Å². The van der Waals surface area contributed by atoms with Crippen LogP contribution in [0.1, 0.15) is 11.3 Å². The van der Waals surface area contributed by atoms with Crippen LogP contribution in [-0.2, 0) is 4.74 Å². The molecule has 26 heavy (non-hydrogen) atoms. The average molecular weight is 351 g/mol. The molecule has 0 bridgehead atoms. The molecule has 0 unspecified atom stereocenters. The van der Waals surface area contributed by atoms with Crippen LogP contribution in [0.4, 0.5) is 5.95 Å². The Morgan fingerprint density at radius 3 is 2.69 bits per heavy atom. The van der Waals surface area contributed by atoms with Gasteiger partial charge in [-0.05, 0) is 31.5 Å². The molecule has 0 aliphatic carbocycles. The van der Waals surface area contributed by atoms with Crippen molar-refractivity contribution in [3.8, 4) is 16.9 Å². The topological polar surface area (TPSA) is 76.0 Å². The average Bonchev–Trinajstić information content (AvgIpc) is 3.04. The highest BCUT2D eigenvalue weighted by Crippen LogP contribution is 2.21. The molecule has 0 spiro atoms. The van der Waals surface area contributed by atoms with Gasteiger partial charge < -0.3 is 9.64 Å². The Balaban J connectivity index is 1.68. The van der Waals surface area contributed by atoms with Gasteiger partial charge in [0.1, 0.15) is 0 Å². The molecule has 3 aromatic rings. The van der Waals surface area contributed by atoms with Gasteiger partial charge in [0.2, 0.25) is 5.95 Å². The van der Waals surface area contributed by atoms with Gasteiger partial charge in [0.25, 0.3) is 5.56 Å². The predicted molar refractivity (Wildman–Crippen MR) is 99.9 cm³/mol. The fourth-order valence-corrected chi connectivity index (χ4v) is 3.13. The first kappa shape index (κ1) is 16.5. The smallest absolute Gasteiger partial charge is 0.271 e. The highest BCUT2D eigenvalue weighted by Gasteiger charge is 2.16. The van der Waals surface area contributed by atoms with E-state index in [2.05, 4.69) is 20.0 Å². The third-order valence-corrected chi connectivity index (χ3v) is 4.53. The fourth-order valence-electron chi connectivity index (χ4n) is 3.13. The standard InChI is InChI=1S/C19H21N5O2/c1-13-4-3-5-15(10-13)24-18(25)11-17(22-24)16-12-20-19(21-14(16)2)23-6-8-26-9-7-23/h3-5,10-12,22H,6-9H2,1-2H3. The van der Waals surface area contributed by atoms with Crippen molar-refractivity contribution >= 4 is 5.95 Å². The number of rotatable bonds is 3. The predicted octanol–water partition coefficient (Wildman–Crippen LogP) is 2.08. The summed E-state index contributed by atoms with van der Waals surface area (Å²) < 4.78 is 6.91. The second-order valence-electron chi connectivity index (χ2n) is 6.45. The molecule has 0 atom stereocenters. The van der Waals surface area contributed by atoms with Gasteiger partial charge in [-0.25, -0.2) is 14.6 Å². The molecule has 0 amide bonds. The maximum atomic E-state index is 12.4. The quantitative estimate of drug-likeness (QED) is 0.782. The Kier molecular flexibility index (Phi) is 4.30. The number of ether oxygens (including phenoxy) is 1. The van der Waals surface area contributed by atoms with E-state index in [-0.39, 0.29) is 5.56 Å². The number of aryl methyl sites for hydroxylation is 2. The Morgan fingerprint density at radius 2 is 1.96 bits per heavy atom. The van der Waals surface area contributed by atoms with Crippen molar-refractivity contribution in [2.75, 3.05) is 31.2 Å². The second-order valence-corrected chi connectivity index (χ2v) is 6.45. The summed E-state index contributed by atoms with van der Waals surface area (Å²) in [6.07, 6.45) is 1.78. The number of aromatic nitrogens is 4. The number of hydrogen-bond donors (Lipinski definition) is 1. The first-order valence-corrected chi connectivity index (χ1v) is 8.67. The van der Waals surface area contributed by atoms with Crippen molar-refractivity contribution in [1.82, 2.24) is 19.7 Å². The summed E-state index contributed by atoms with van der Waals surface area (Å²) >= 11 is 0. The molecule has 1 fully saturated rings. The summed E-state index contributed by atoms with van der Waals surface area (Å²) in [5.74, 6) is 0.704. The molecule has 1 aliphatic heterocycles. The fraction of sp³-hybridized carbons (Fsp3) is 0.316. The molecule has 2 aromatic heterocycles. The highest BCUT2D eigenvalue weighted by atomic mass is 16.5. The lowest BCUT2D eigenvalue weighted by Gasteiger charge is -2.27. The first-order valence-electron chi connectivity index (χ1n) is 8.67. The van der Waals surface area contributed by atoms with E-state index in [9.17, 15) is 4.79 Å². The number of aromatic amines is 1. The summed E-state index contributed by atoms with van der Waals surface area (Å²) in [5, 5.41) is 3.17. The lowest BCUT2D eigenvalue weighted by Crippen LogP contribution is -2.37. The van der Waals surface area contributed by atoms with Gasteiger partial charge in [0.05, 0.1) is 30.3 Å². The van der Waals surface area contributed by atoms with Crippen LogP contribution in [0.25, 0.3) is 16.9 Å². The molecule has 0 radical (unpaired) electrons. The first-order chi connectivity index (χ1) is 12.6. The molecule has 1 aliphatic rings. The monoisotopic (exact) mass is 351 g/mol. The number of nitrogens with one attached hydrogen (secondary N) is 1. The maximum Gasteiger partial charge on any atom is 0.271 e. The lowest BCUT2D eigenvalue weighted by atomic mass is 10.2. The number of H-pyrrole nitrogens is 1. The molecular formula is C19H21N5O2. The van der Waals surface area contributed by atoms with E-state index in [1.165, 1.54) is 4.68 Å². The third-order valence-electron chi connectivity index (χ3n) is 4.53. The van der Waals surface area contributed by atoms with Gasteiger partial charge >= 0.3 is 0 Å². The van der Waals surface area contributed by atoms with E-state index in [4.69, 9.17) is 4.74 Å². The van der Waals surface area contributed by atoms with Crippen LogP contribution < -0.4 is 10.5 Å². The van der Waals surface area contributed by atoms with E-state index in [0.29, 0.717) is 24.9 Å². The van der Waals surface area contributed by atoms with Gasteiger partial charge in [-0.1, -0.05) is 12.1 Å². The van der Waals surface area contributed by atoms with E-state index >= 15 is 0 Å². The van der Waals surface area contributed by atoms with Crippen molar-refractivity contribution < 1.29 is 4.74 Å². The lowest BCUT2D eigenvalue weighted by molar-refractivity contribution is 0.122. The molecule has 1 aromatic carbocycles. The molecule has 1 saturated heterocycles. The van der Waals surface area contributed by atoms with Gasteiger partial charge in [0, 0.05) is 30.9 Å². The minimum absolute atomic E-state index is 0.109. The highest BCUT2D eigenvalue weighted by molar-refractivity contribution is 5.61. The Morgan fingerprint density at radius 1 is 1.15 bits per heavy atom. The third kappa shape index (κ3) is 3.13. The second kappa shape index (κ2) is 6.76. The number of nitrogens with zero attached hydrogens (tertiary/aromatic N) is 4. The number of morpholine rings is 1. The van der Waals surface area contributed by atoms with Crippen molar-refractivity contribution in [2.24, 2.45) is 0 Å².